The number of thiophene rings is 1. The van der Waals surface area contributed by atoms with Crippen LogP contribution in [0.5, 0.6) is 5.75 Å². The molecule has 5 nitrogen and oxygen atoms in total. The summed E-state index contributed by atoms with van der Waals surface area (Å²) < 4.78 is 3.60. The first kappa shape index (κ1) is 21.1. The van der Waals surface area contributed by atoms with Gasteiger partial charge >= 0.3 is 0 Å². The molecule has 0 saturated carbocycles. The SMILES string of the molecule is N#Cc1c(N[C@H](NC(=O)COc2ccccc2)C(Cl)(Cl)Cl)sc2c1CCCC2. The number of carbonyl (C=O) groups excluding carboxylic acids is 1. The average molecular weight is 459 g/mol. The Morgan fingerprint density at radius 1 is 1.25 bits per heavy atom. The molecule has 2 N–H and O–H groups in total. The largest absolute Gasteiger partial charge is 0.484 e. The minimum atomic E-state index is -1.82. The van der Waals surface area contributed by atoms with Crippen molar-refractivity contribution >= 4 is 57.0 Å². The zero-order valence-electron chi connectivity index (χ0n) is 14.8. The second-order valence-electron chi connectivity index (χ2n) is 6.32. The fourth-order valence-electron chi connectivity index (χ4n) is 2.98. The summed E-state index contributed by atoms with van der Waals surface area (Å²) in [6, 6.07) is 11.2. The Hall–Kier alpha value is -1.65. The number of fused-ring (bicyclic) bond motifs is 1. The number of nitrogens with one attached hydrogen (secondary N) is 2. The number of carbonyl (C=O) groups is 1. The summed E-state index contributed by atoms with van der Waals surface area (Å²) >= 11 is 19.7. The molecule has 1 amide bonds. The van der Waals surface area contributed by atoms with E-state index >= 15 is 0 Å². The maximum atomic E-state index is 12.3. The van der Waals surface area contributed by atoms with Crippen LogP contribution in [-0.2, 0) is 17.6 Å². The Bertz CT molecular complexity index is 875. The molecule has 0 spiro atoms. The van der Waals surface area contributed by atoms with Crippen LogP contribution in [0.15, 0.2) is 30.3 Å². The van der Waals surface area contributed by atoms with Crippen molar-refractivity contribution < 1.29 is 9.53 Å². The van der Waals surface area contributed by atoms with Crippen LogP contribution in [0.3, 0.4) is 0 Å². The number of alkyl halides is 3. The van der Waals surface area contributed by atoms with E-state index in [1.54, 1.807) is 24.3 Å². The molecule has 3 rings (SSSR count). The van der Waals surface area contributed by atoms with Gasteiger partial charge in [0, 0.05) is 4.88 Å². The first-order chi connectivity index (χ1) is 13.4. The Labute approximate surface area is 182 Å². The van der Waals surface area contributed by atoms with Gasteiger partial charge < -0.3 is 15.4 Å². The van der Waals surface area contributed by atoms with Crippen LogP contribution in [0, 0.1) is 11.3 Å². The lowest BCUT2D eigenvalue weighted by Gasteiger charge is -2.27. The quantitative estimate of drug-likeness (QED) is 0.481. The third-order valence-electron chi connectivity index (χ3n) is 4.30. The van der Waals surface area contributed by atoms with Crippen molar-refractivity contribution in [3.63, 3.8) is 0 Å². The molecular weight excluding hydrogens is 441 g/mol. The summed E-state index contributed by atoms with van der Waals surface area (Å²) in [5, 5.41) is 15.9. The van der Waals surface area contributed by atoms with Crippen LogP contribution >= 0.6 is 46.1 Å². The van der Waals surface area contributed by atoms with Crippen LogP contribution < -0.4 is 15.4 Å². The summed E-state index contributed by atoms with van der Waals surface area (Å²) in [7, 11) is 0. The van der Waals surface area contributed by atoms with Crippen molar-refractivity contribution in [1.29, 1.82) is 5.26 Å². The predicted molar refractivity (Wildman–Crippen MR) is 113 cm³/mol. The minimum absolute atomic E-state index is 0.227. The number of amides is 1. The average Bonchev–Trinajstić information content (AvgIpc) is 3.03. The number of nitriles is 1. The van der Waals surface area contributed by atoms with E-state index in [0.717, 1.165) is 31.2 Å². The molecule has 1 heterocycles. The second kappa shape index (κ2) is 9.23. The molecule has 0 aliphatic heterocycles. The van der Waals surface area contributed by atoms with Gasteiger partial charge in [0.25, 0.3) is 5.91 Å². The van der Waals surface area contributed by atoms with Crippen molar-refractivity contribution in [3.8, 4) is 11.8 Å². The lowest BCUT2D eigenvalue weighted by Crippen LogP contribution is -2.50. The van der Waals surface area contributed by atoms with E-state index in [1.807, 2.05) is 6.07 Å². The highest BCUT2D eigenvalue weighted by Crippen LogP contribution is 2.40. The van der Waals surface area contributed by atoms with Crippen molar-refractivity contribution in [2.45, 2.75) is 35.6 Å². The molecule has 1 atom stereocenters. The number of hydrogen-bond donors (Lipinski definition) is 2. The highest BCUT2D eigenvalue weighted by atomic mass is 35.6. The van der Waals surface area contributed by atoms with E-state index in [0.29, 0.717) is 16.3 Å². The Morgan fingerprint density at radius 2 is 1.96 bits per heavy atom. The highest BCUT2D eigenvalue weighted by Gasteiger charge is 2.35. The lowest BCUT2D eigenvalue weighted by molar-refractivity contribution is -0.123. The standard InChI is InChI=1S/C19H18Cl3N3O2S/c20-19(21,22)18(24-16(26)11-27-12-6-2-1-3-7-12)25-17-14(10-23)13-8-4-5-9-15(13)28-17/h1-3,6-7,18,25H,4-5,8-9,11H2,(H,24,26)/t18-/m0/s1. The number of hydrogen-bond acceptors (Lipinski definition) is 5. The molecule has 1 aromatic carbocycles. The molecule has 1 aliphatic carbocycles. The zero-order valence-corrected chi connectivity index (χ0v) is 17.9. The topological polar surface area (TPSA) is 74.2 Å². The van der Waals surface area contributed by atoms with Crippen molar-refractivity contribution in [2.24, 2.45) is 0 Å². The summed E-state index contributed by atoms with van der Waals surface area (Å²) in [6.07, 6.45) is 2.94. The third-order valence-corrected chi connectivity index (χ3v) is 6.18. The fourth-order valence-corrected chi connectivity index (χ4v) is 4.58. The van der Waals surface area contributed by atoms with Crippen LogP contribution in [0.1, 0.15) is 28.8 Å². The van der Waals surface area contributed by atoms with Crippen molar-refractivity contribution in [2.75, 3.05) is 11.9 Å². The number of halogens is 3. The van der Waals surface area contributed by atoms with Crippen molar-refractivity contribution in [1.82, 2.24) is 5.32 Å². The Balaban J connectivity index is 1.70. The van der Waals surface area contributed by atoms with Gasteiger partial charge in [0.1, 0.15) is 23.0 Å². The molecule has 0 fully saturated rings. The van der Waals surface area contributed by atoms with Gasteiger partial charge in [-0.15, -0.1) is 11.3 Å². The predicted octanol–water partition coefficient (Wildman–Crippen LogP) is 4.80. The summed E-state index contributed by atoms with van der Waals surface area (Å²) in [5.41, 5.74) is 1.62. The van der Waals surface area contributed by atoms with Gasteiger partial charge in [-0.05, 0) is 43.4 Å². The van der Waals surface area contributed by atoms with Gasteiger partial charge in [0.05, 0.1) is 5.56 Å². The second-order valence-corrected chi connectivity index (χ2v) is 9.79. The molecule has 9 heteroatoms. The van der Waals surface area contributed by atoms with Crippen molar-refractivity contribution in [3.05, 3.63) is 46.3 Å². The fraction of sp³-hybridized carbons (Fsp3) is 0.368. The first-order valence-corrected chi connectivity index (χ1v) is 10.7. The van der Waals surface area contributed by atoms with E-state index in [4.69, 9.17) is 39.5 Å². The molecule has 28 heavy (non-hydrogen) atoms. The maximum absolute atomic E-state index is 12.3. The number of benzene rings is 1. The summed E-state index contributed by atoms with van der Waals surface area (Å²) in [4.78, 5) is 13.5. The normalized spacial score (nSPS) is 14.5. The van der Waals surface area contributed by atoms with Gasteiger partial charge in [-0.1, -0.05) is 53.0 Å². The Morgan fingerprint density at radius 3 is 2.64 bits per heavy atom. The molecule has 0 radical (unpaired) electrons. The van der Waals surface area contributed by atoms with Gasteiger partial charge in [0.15, 0.2) is 6.61 Å². The van der Waals surface area contributed by atoms with E-state index in [2.05, 4.69) is 16.7 Å². The van der Waals surface area contributed by atoms with E-state index in [1.165, 1.54) is 16.2 Å². The maximum Gasteiger partial charge on any atom is 0.259 e. The highest BCUT2D eigenvalue weighted by molar-refractivity contribution is 7.16. The number of para-hydroxylation sites is 1. The first-order valence-electron chi connectivity index (χ1n) is 8.73. The van der Waals surface area contributed by atoms with Gasteiger partial charge in [-0.2, -0.15) is 5.26 Å². The molecule has 0 saturated heterocycles. The zero-order chi connectivity index (χ0) is 20.1. The number of nitrogens with zero attached hydrogens (tertiary/aromatic N) is 1. The molecule has 0 unspecified atom stereocenters. The third kappa shape index (κ3) is 5.24. The summed E-state index contributed by atoms with van der Waals surface area (Å²) in [5.74, 6) is 0.112. The van der Waals surface area contributed by atoms with Crippen LogP contribution in [-0.4, -0.2) is 22.5 Å². The van der Waals surface area contributed by atoms with Crippen LogP contribution in [0.25, 0.3) is 0 Å². The van der Waals surface area contributed by atoms with Crippen LogP contribution in [0.2, 0.25) is 0 Å². The minimum Gasteiger partial charge on any atom is -0.484 e. The lowest BCUT2D eigenvalue weighted by atomic mass is 9.96. The van der Waals surface area contributed by atoms with E-state index in [9.17, 15) is 10.1 Å². The molecule has 1 aliphatic rings. The molecule has 1 aromatic heterocycles. The monoisotopic (exact) mass is 457 g/mol. The van der Waals surface area contributed by atoms with Gasteiger partial charge in [-0.25, -0.2) is 0 Å². The van der Waals surface area contributed by atoms with Crippen LogP contribution in [0.4, 0.5) is 5.00 Å². The molecule has 0 bridgehead atoms. The number of anilines is 1. The summed E-state index contributed by atoms with van der Waals surface area (Å²) in [6.45, 7) is -0.227. The molecule has 148 valence electrons. The number of ether oxygens (including phenoxy) is 1. The van der Waals surface area contributed by atoms with E-state index in [-0.39, 0.29) is 6.61 Å². The van der Waals surface area contributed by atoms with E-state index < -0.39 is 15.9 Å². The Kier molecular flexibility index (Phi) is 6.95. The number of rotatable bonds is 6. The smallest absolute Gasteiger partial charge is 0.259 e. The number of aryl methyl sites for hydroxylation is 1. The van der Waals surface area contributed by atoms with Gasteiger partial charge in [-0.3, -0.25) is 4.79 Å². The molecular formula is C19H18Cl3N3O2S. The molecule has 2 aromatic rings. The van der Waals surface area contributed by atoms with Gasteiger partial charge in [0.2, 0.25) is 3.79 Å².